The topological polar surface area (TPSA) is 38.2 Å². The maximum Gasteiger partial charge on any atom is 0.138 e. The van der Waals surface area contributed by atoms with Gasteiger partial charge in [0.05, 0.1) is 18.5 Å². The van der Waals surface area contributed by atoms with E-state index in [1.165, 1.54) is 11.1 Å². The molecule has 4 heteroatoms. The van der Waals surface area contributed by atoms with Gasteiger partial charge in [-0.3, -0.25) is 9.88 Å². The minimum Gasteiger partial charge on any atom is -0.496 e. The lowest BCUT2D eigenvalue weighted by atomic mass is 9.80. The van der Waals surface area contributed by atoms with Gasteiger partial charge in [0.15, 0.2) is 0 Å². The van der Waals surface area contributed by atoms with E-state index in [9.17, 15) is 0 Å². The van der Waals surface area contributed by atoms with Crippen LogP contribution in [0.25, 0.3) is 22.5 Å². The number of nitrogens with zero attached hydrogens (tertiary/aromatic N) is 3. The molecule has 4 nitrogen and oxygen atoms in total. The van der Waals surface area contributed by atoms with Gasteiger partial charge in [0.2, 0.25) is 0 Å². The molecule has 0 atom stereocenters. The van der Waals surface area contributed by atoms with Crippen molar-refractivity contribution in [2.75, 3.05) is 12.0 Å². The molecule has 0 aliphatic rings. The number of hydrogen-bond donors (Lipinski definition) is 0. The molecule has 41 heavy (non-hydrogen) atoms. The fourth-order valence-corrected chi connectivity index (χ4v) is 4.92. The van der Waals surface area contributed by atoms with Gasteiger partial charge in [-0.2, -0.15) is 0 Å². The monoisotopic (exact) mass is 541 g/mol. The Hall–Kier alpha value is -4.44. The molecule has 0 amide bonds. The fourth-order valence-electron chi connectivity index (χ4n) is 4.92. The van der Waals surface area contributed by atoms with Crippen molar-refractivity contribution >= 4 is 17.2 Å². The van der Waals surface area contributed by atoms with Crippen LogP contribution in [0.4, 0.5) is 17.2 Å². The summed E-state index contributed by atoms with van der Waals surface area (Å²) in [5.41, 5.74) is 8.41. The Morgan fingerprint density at radius 1 is 0.610 bits per heavy atom. The second-order valence-corrected chi connectivity index (χ2v) is 12.5. The first-order valence-corrected chi connectivity index (χ1v) is 14.1. The third kappa shape index (κ3) is 6.17. The number of ether oxygens (including phenoxy) is 1. The van der Waals surface area contributed by atoms with Gasteiger partial charge in [0.25, 0.3) is 0 Å². The third-order valence-electron chi connectivity index (χ3n) is 7.32. The largest absolute Gasteiger partial charge is 0.496 e. The van der Waals surface area contributed by atoms with E-state index in [1.807, 2.05) is 42.5 Å². The summed E-state index contributed by atoms with van der Waals surface area (Å²) in [5, 5.41) is 0. The summed E-state index contributed by atoms with van der Waals surface area (Å²) >= 11 is 0. The zero-order chi connectivity index (χ0) is 29.2. The van der Waals surface area contributed by atoms with Crippen LogP contribution in [0.2, 0.25) is 0 Å². The van der Waals surface area contributed by atoms with Gasteiger partial charge in [0.1, 0.15) is 11.6 Å². The summed E-state index contributed by atoms with van der Waals surface area (Å²) in [5.74, 6) is 1.67. The average Bonchev–Trinajstić information content (AvgIpc) is 2.97. The molecule has 208 valence electrons. The first-order valence-electron chi connectivity index (χ1n) is 14.1. The van der Waals surface area contributed by atoms with E-state index < -0.39 is 0 Å². The molecule has 2 heterocycles. The molecule has 5 aromatic rings. The summed E-state index contributed by atoms with van der Waals surface area (Å²) in [7, 11) is 1.72. The van der Waals surface area contributed by atoms with Crippen LogP contribution in [0.15, 0.2) is 109 Å². The van der Waals surface area contributed by atoms with Crippen LogP contribution in [0, 0.1) is 0 Å². The first kappa shape index (κ1) is 28.1. The van der Waals surface area contributed by atoms with Gasteiger partial charge in [-0.15, -0.1) is 0 Å². The molecule has 0 aliphatic heterocycles. The van der Waals surface area contributed by atoms with E-state index >= 15 is 0 Å². The Balaban J connectivity index is 1.76. The quantitative estimate of drug-likeness (QED) is 0.214. The van der Waals surface area contributed by atoms with Crippen LogP contribution < -0.4 is 9.64 Å². The van der Waals surface area contributed by atoms with Gasteiger partial charge in [-0.1, -0.05) is 90.1 Å². The minimum atomic E-state index is -0.0236. The van der Waals surface area contributed by atoms with E-state index in [2.05, 4.69) is 112 Å². The molecule has 2 aromatic heterocycles. The van der Waals surface area contributed by atoms with E-state index in [1.54, 1.807) is 13.3 Å². The number of benzene rings is 3. The molecule has 0 saturated heterocycles. The summed E-state index contributed by atoms with van der Waals surface area (Å²) < 4.78 is 5.71. The Morgan fingerprint density at radius 2 is 1.27 bits per heavy atom. The summed E-state index contributed by atoms with van der Waals surface area (Å²) in [6.45, 7) is 13.6. The molecular weight excluding hydrogens is 502 g/mol. The number of para-hydroxylation sites is 1. The second-order valence-electron chi connectivity index (χ2n) is 12.5. The number of rotatable bonds is 6. The fraction of sp³-hybridized carbons (Fsp3) is 0.243. The Morgan fingerprint density at radius 3 is 1.93 bits per heavy atom. The predicted molar refractivity (Wildman–Crippen MR) is 172 cm³/mol. The molecule has 0 bridgehead atoms. The molecule has 0 saturated carbocycles. The van der Waals surface area contributed by atoms with Crippen LogP contribution in [0.5, 0.6) is 5.75 Å². The van der Waals surface area contributed by atoms with E-state index in [0.29, 0.717) is 0 Å². The van der Waals surface area contributed by atoms with Gasteiger partial charge < -0.3 is 4.74 Å². The van der Waals surface area contributed by atoms with Crippen LogP contribution in [-0.2, 0) is 10.8 Å². The smallest absolute Gasteiger partial charge is 0.138 e. The van der Waals surface area contributed by atoms with Crippen molar-refractivity contribution < 1.29 is 4.74 Å². The van der Waals surface area contributed by atoms with Crippen molar-refractivity contribution in [2.24, 2.45) is 0 Å². The molecule has 0 radical (unpaired) electrons. The van der Waals surface area contributed by atoms with Crippen LogP contribution in [0.3, 0.4) is 0 Å². The van der Waals surface area contributed by atoms with E-state index in [4.69, 9.17) is 9.72 Å². The number of anilines is 3. The van der Waals surface area contributed by atoms with Crippen molar-refractivity contribution in [3.8, 4) is 28.3 Å². The standard InChI is InChI=1S/C37H39N3O/c1-36(2,3)27-23-28(37(4,5)6)25-30(24-27)40(35-20-13-18-33(39-35)32-17-10-11-21-38-32)29-15-12-14-26(22-29)31-16-8-9-19-34(31)41-7/h8-25H,1-7H3. The Kier molecular flexibility index (Phi) is 7.68. The van der Waals surface area contributed by atoms with Crippen molar-refractivity contribution in [1.82, 2.24) is 9.97 Å². The molecule has 0 aliphatic carbocycles. The summed E-state index contributed by atoms with van der Waals surface area (Å²) in [6, 6.07) is 35.8. The SMILES string of the molecule is COc1ccccc1-c1cccc(N(c2cc(C(C)(C)C)cc(C(C)(C)C)c2)c2cccc(-c3ccccn3)n2)c1. The van der Waals surface area contributed by atoms with E-state index in [0.717, 1.165) is 45.5 Å². The highest BCUT2D eigenvalue weighted by atomic mass is 16.5. The van der Waals surface area contributed by atoms with Gasteiger partial charge >= 0.3 is 0 Å². The minimum absolute atomic E-state index is 0.0236. The van der Waals surface area contributed by atoms with Crippen LogP contribution >= 0.6 is 0 Å². The Bertz CT molecular complexity index is 1610. The van der Waals surface area contributed by atoms with Crippen molar-refractivity contribution in [3.63, 3.8) is 0 Å². The number of hydrogen-bond acceptors (Lipinski definition) is 4. The lowest BCUT2D eigenvalue weighted by molar-refractivity contribution is 0.416. The number of aromatic nitrogens is 2. The lowest BCUT2D eigenvalue weighted by Gasteiger charge is -2.31. The zero-order valence-electron chi connectivity index (χ0n) is 25.1. The highest BCUT2D eigenvalue weighted by Crippen LogP contribution is 2.41. The predicted octanol–water partition coefficient (Wildman–Crippen LogP) is 9.88. The Labute approximate surface area is 244 Å². The van der Waals surface area contributed by atoms with Crippen molar-refractivity contribution in [1.29, 1.82) is 0 Å². The summed E-state index contributed by atoms with van der Waals surface area (Å²) in [4.78, 5) is 12.0. The lowest BCUT2D eigenvalue weighted by Crippen LogP contribution is -2.19. The van der Waals surface area contributed by atoms with Crippen LogP contribution in [-0.4, -0.2) is 17.1 Å². The average molecular weight is 542 g/mol. The maximum atomic E-state index is 5.71. The van der Waals surface area contributed by atoms with Crippen molar-refractivity contribution in [3.05, 3.63) is 120 Å². The molecule has 5 rings (SSSR count). The summed E-state index contributed by atoms with van der Waals surface area (Å²) in [6.07, 6.45) is 1.81. The zero-order valence-corrected chi connectivity index (χ0v) is 25.1. The third-order valence-corrected chi connectivity index (χ3v) is 7.32. The molecule has 0 fully saturated rings. The van der Waals surface area contributed by atoms with Gasteiger partial charge in [0, 0.05) is 23.1 Å². The molecule has 3 aromatic carbocycles. The van der Waals surface area contributed by atoms with Gasteiger partial charge in [-0.25, -0.2) is 4.98 Å². The van der Waals surface area contributed by atoms with E-state index in [-0.39, 0.29) is 10.8 Å². The van der Waals surface area contributed by atoms with Gasteiger partial charge in [-0.05, 0) is 82.1 Å². The normalized spacial score (nSPS) is 11.8. The highest BCUT2D eigenvalue weighted by molar-refractivity contribution is 5.81. The number of methoxy groups -OCH3 is 1. The molecule has 0 spiro atoms. The molecule has 0 N–H and O–H groups in total. The first-order chi connectivity index (χ1) is 19.5. The number of pyridine rings is 2. The molecular formula is C37H39N3O. The maximum absolute atomic E-state index is 5.71. The molecule has 0 unspecified atom stereocenters. The van der Waals surface area contributed by atoms with Crippen molar-refractivity contribution in [2.45, 2.75) is 52.4 Å². The van der Waals surface area contributed by atoms with Crippen LogP contribution in [0.1, 0.15) is 52.7 Å². The second kappa shape index (κ2) is 11.2. The highest BCUT2D eigenvalue weighted by Gasteiger charge is 2.24.